The quantitative estimate of drug-likeness (QED) is 0.850. The molecule has 0 spiro atoms. The summed E-state index contributed by atoms with van der Waals surface area (Å²) in [7, 11) is -3.20. The molecule has 24 heavy (non-hydrogen) atoms. The summed E-state index contributed by atoms with van der Waals surface area (Å²) in [5.74, 6) is -0.140. The fourth-order valence-corrected chi connectivity index (χ4v) is 4.02. The Kier molecular flexibility index (Phi) is 4.86. The van der Waals surface area contributed by atoms with E-state index < -0.39 is 9.84 Å². The summed E-state index contributed by atoms with van der Waals surface area (Å²) in [6, 6.07) is 6.70. The largest absolute Gasteiger partial charge is 0.348 e. The first kappa shape index (κ1) is 16.9. The molecule has 3 rings (SSSR count). The molecular weight excluding hydrogens is 346 g/mol. The molecule has 0 saturated heterocycles. The number of carbonyl (C=O) groups is 1. The first-order valence-electron chi connectivity index (χ1n) is 7.75. The van der Waals surface area contributed by atoms with E-state index in [2.05, 4.69) is 15.6 Å². The zero-order chi connectivity index (χ0) is 17.2. The Bertz CT molecular complexity index is 823. The Labute approximate surface area is 145 Å². The van der Waals surface area contributed by atoms with Gasteiger partial charge in [-0.1, -0.05) is 12.8 Å². The molecule has 0 unspecified atom stereocenters. The molecule has 1 aromatic heterocycles. The molecule has 0 atom stereocenters. The number of thiazole rings is 1. The number of hydrogen-bond donors (Lipinski definition) is 2. The minimum Gasteiger partial charge on any atom is -0.348 e. The molecule has 128 valence electrons. The highest BCUT2D eigenvalue weighted by atomic mass is 32.2. The molecule has 1 aromatic carbocycles. The standard InChI is InChI=1S/C16H19N3O3S2/c1-24(21,22)13-8-6-12(7-9-13)18-16-19-14(10-23-16)15(20)17-11-4-2-3-5-11/h6-11H,2-5H2,1H3,(H,17,20)(H,18,19). The van der Waals surface area contributed by atoms with Crippen molar-refractivity contribution >= 4 is 37.9 Å². The summed E-state index contributed by atoms with van der Waals surface area (Å²) < 4.78 is 22.9. The van der Waals surface area contributed by atoms with Crippen molar-refractivity contribution in [1.29, 1.82) is 0 Å². The van der Waals surface area contributed by atoms with Gasteiger partial charge in [0.15, 0.2) is 15.0 Å². The van der Waals surface area contributed by atoms with Crippen LogP contribution in [-0.4, -0.2) is 31.6 Å². The Balaban J connectivity index is 1.64. The van der Waals surface area contributed by atoms with Gasteiger partial charge in [0.2, 0.25) is 0 Å². The molecule has 2 N–H and O–H groups in total. The van der Waals surface area contributed by atoms with Gasteiger partial charge < -0.3 is 10.6 Å². The Morgan fingerprint density at radius 2 is 1.88 bits per heavy atom. The SMILES string of the molecule is CS(=O)(=O)c1ccc(Nc2nc(C(=O)NC3CCCC3)cs2)cc1. The van der Waals surface area contributed by atoms with Gasteiger partial charge in [-0.2, -0.15) is 0 Å². The van der Waals surface area contributed by atoms with Crippen LogP contribution in [0.15, 0.2) is 34.5 Å². The lowest BCUT2D eigenvalue weighted by Gasteiger charge is -2.09. The van der Waals surface area contributed by atoms with Gasteiger partial charge in [0.1, 0.15) is 5.69 Å². The average molecular weight is 365 g/mol. The predicted octanol–water partition coefficient (Wildman–Crippen LogP) is 2.96. The second-order valence-electron chi connectivity index (χ2n) is 5.91. The fourth-order valence-electron chi connectivity index (χ4n) is 2.67. The topological polar surface area (TPSA) is 88.2 Å². The van der Waals surface area contributed by atoms with Gasteiger partial charge in [-0.05, 0) is 37.1 Å². The zero-order valence-corrected chi connectivity index (χ0v) is 14.9. The van der Waals surface area contributed by atoms with E-state index in [4.69, 9.17) is 0 Å². The lowest BCUT2D eigenvalue weighted by molar-refractivity contribution is 0.0933. The minimum absolute atomic E-state index is 0.140. The molecule has 0 bridgehead atoms. The second kappa shape index (κ2) is 6.90. The first-order valence-corrected chi connectivity index (χ1v) is 10.5. The minimum atomic E-state index is -3.20. The number of rotatable bonds is 5. The molecule has 1 aliphatic rings. The summed E-state index contributed by atoms with van der Waals surface area (Å²) in [6.45, 7) is 0. The number of nitrogens with one attached hydrogen (secondary N) is 2. The smallest absolute Gasteiger partial charge is 0.271 e. The third kappa shape index (κ3) is 4.12. The molecule has 1 aliphatic carbocycles. The van der Waals surface area contributed by atoms with Gasteiger partial charge in [-0.25, -0.2) is 13.4 Å². The van der Waals surface area contributed by atoms with Crippen LogP contribution in [0.4, 0.5) is 10.8 Å². The Morgan fingerprint density at radius 1 is 1.21 bits per heavy atom. The van der Waals surface area contributed by atoms with Crippen LogP contribution in [0.3, 0.4) is 0 Å². The van der Waals surface area contributed by atoms with Gasteiger partial charge in [0.05, 0.1) is 4.90 Å². The van der Waals surface area contributed by atoms with Crippen molar-refractivity contribution in [3.8, 4) is 0 Å². The molecule has 0 radical (unpaired) electrons. The van der Waals surface area contributed by atoms with E-state index >= 15 is 0 Å². The third-order valence-corrected chi connectivity index (χ3v) is 5.85. The number of sulfone groups is 1. The highest BCUT2D eigenvalue weighted by Crippen LogP contribution is 2.23. The zero-order valence-electron chi connectivity index (χ0n) is 13.3. The van der Waals surface area contributed by atoms with Crippen molar-refractivity contribution in [2.45, 2.75) is 36.6 Å². The van der Waals surface area contributed by atoms with Gasteiger partial charge >= 0.3 is 0 Å². The molecule has 1 amide bonds. The normalized spacial score (nSPS) is 15.4. The summed E-state index contributed by atoms with van der Waals surface area (Å²) >= 11 is 1.34. The van der Waals surface area contributed by atoms with E-state index in [-0.39, 0.29) is 16.8 Å². The van der Waals surface area contributed by atoms with Crippen LogP contribution in [0.1, 0.15) is 36.2 Å². The van der Waals surface area contributed by atoms with Gasteiger partial charge in [0.25, 0.3) is 5.91 Å². The van der Waals surface area contributed by atoms with E-state index in [0.29, 0.717) is 10.8 Å². The Morgan fingerprint density at radius 3 is 2.50 bits per heavy atom. The molecular formula is C16H19N3O3S2. The van der Waals surface area contributed by atoms with E-state index in [0.717, 1.165) is 31.4 Å². The van der Waals surface area contributed by atoms with Crippen LogP contribution < -0.4 is 10.6 Å². The summed E-state index contributed by atoms with van der Waals surface area (Å²) in [6.07, 6.45) is 5.57. The Hall–Kier alpha value is -1.93. The number of nitrogens with zero attached hydrogens (tertiary/aromatic N) is 1. The van der Waals surface area contributed by atoms with E-state index in [1.165, 1.54) is 17.6 Å². The number of amides is 1. The summed E-state index contributed by atoms with van der Waals surface area (Å²) in [5, 5.41) is 8.41. The van der Waals surface area contributed by atoms with Crippen LogP contribution in [0.5, 0.6) is 0 Å². The summed E-state index contributed by atoms with van der Waals surface area (Å²) in [4.78, 5) is 16.7. The average Bonchev–Trinajstić information content (AvgIpc) is 3.18. The molecule has 6 nitrogen and oxygen atoms in total. The van der Waals surface area contributed by atoms with E-state index in [9.17, 15) is 13.2 Å². The monoisotopic (exact) mass is 365 g/mol. The maximum absolute atomic E-state index is 12.2. The fraction of sp³-hybridized carbons (Fsp3) is 0.375. The molecule has 2 aromatic rings. The van der Waals surface area contributed by atoms with Crippen LogP contribution in [0.2, 0.25) is 0 Å². The van der Waals surface area contributed by atoms with Crippen LogP contribution in [0, 0.1) is 0 Å². The van der Waals surface area contributed by atoms with Crippen molar-refractivity contribution < 1.29 is 13.2 Å². The molecule has 0 aliphatic heterocycles. The van der Waals surface area contributed by atoms with Gasteiger partial charge in [0, 0.05) is 23.4 Å². The maximum Gasteiger partial charge on any atom is 0.271 e. The first-order chi connectivity index (χ1) is 11.4. The third-order valence-electron chi connectivity index (χ3n) is 3.96. The number of hydrogen-bond acceptors (Lipinski definition) is 6. The highest BCUT2D eigenvalue weighted by Gasteiger charge is 2.19. The molecule has 8 heteroatoms. The van der Waals surface area contributed by atoms with Crippen molar-refractivity contribution in [3.05, 3.63) is 35.3 Å². The number of carbonyl (C=O) groups excluding carboxylic acids is 1. The van der Waals surface area contributed by atoms with Crippen molar-refractivity contribution in [2.75, 3.05) is 11.6 Å². The van der Waals surface area contributed by atoms with Crippen molar-refractivity contribution in [3.63, 3.8) is 0 Å². The lowest BCUT2D eigenvalue weighted by Crippen LogP contribution is -2.32. The highest BCUT2D eigenvalue weighted by molar-refractivity contribution is 7.90. The second-order valence-corrected chi connectivity index (χ2v) is 8.79. The predicted molar refractivity (Wildman–Crippen MR) is 94.7 cm³/mol. The van der Waals surface area contributed by atoms with Gasteiger partial charge in [-0.3, -0.25) is 4.79 Å². The molecule has 1 heterocycles. The van der Waals surface area contributed by atoms with E-state index in [1.54, 1.807) is 29.6 Å². The number of benzene rings is 1. The lowest BCUT2D eigenvalue weighted by atomic mass is 10.2. The molecule has 1 fully saturated rings. The number of aromatic nitrogens is 1. The molecule has 1 saturated carbocycles. The van der Waals surface area contributed by atoms with Gasteiger partial charge in [-0.15, -0.1) is 11.3 Å². The van der Waals surface area contributed by atoms with Crippen LogP contribution in [-0.2, 0) is 9.84 Å². The maximum atomic E-state index is 12.2. The van der Waals surface area contributed by atoms with Crippen LogP contribution >= 0.6 is 11.3 Å². The van der Waals surface area contributed by atoms with E-state index in [1.807, 2.05) is 0 Å². The summed E-state index contributed by atoms with van der Waals surface area (Å²) in [5.41, 5.74) is 1.13. The van der Waals surface area contributed by atoms with Crippen molar-refractivity contribution in [2.24, 2.45) is 0 Å². The van der Waals surface area contributed by atoms with Crippen LogP contribution in [0.25, 0.3) is 0 Å². The number of anilines is 2. The van der Waals surface area contributed by atoms with Crippen molar-refractivity contribution in [1.82, 2.24) is 10.3 Å².